The van der Waals surface area contributed by atoms with Crippen molar-refractivity contribution in [2.75, 3.05) is 19.0 Å². The second-order valence-electron chi connectivity index (χ2n) is 5.27. The summed E-state index contributed by atoms with van der Waals surface area (Å²) < 4.78 is 0. The lowest BCUT2D eigenvalue weighted by molar-refractivity contribution is 1.15. The van der Waals surface area contributed by atoms with Gasteiger partial charge in [-0.05, 0) is 12.1 Å². The molecule has 0 radical (unpaired) electrons. The largest absolute Gasteiger partial charge is 0.375 e. The summed E-state index contributed by atoms with van der Waals surface area (Å²) in [4.78, 5) is 10.5. The van der Waals surface area contributed by atoms with Crippen molar-refractivity contribution in [1.82, 2.24) is 9.97 Å². The molecule has 0 bridgehead atoms. The Hall–Kier alpha value is -2.55. The van der Waals surface area contributed by atoms with Crippen LogP contribution in [0.25, 0.3) is 32.8 Å². The van der Waals surface area contributed by atoms with Crippen molar-refractivity contribution >= 4 is 38.5 Å². The molecule has 0 unspecified atom stereocenters. The summed E-state index contributed by atoms with van der Waals surface area (Å²) in [6.07, 6.45) is 0. The molecule has 0 saturated heterocycles. The minimum Gasteiger partial charge on any atom is -0.375 e. The first-order chi connectivity index (χ1) is 9.75. The third-order valence-corrected chi connectivity index (χ3v) is 3.75. The average Bonchev–Trinajstić information content (AvgIpc) is 2.82. The minimum absolute atomic E-state index is 1.04. The maximum absolute atomic E-state index is 4.85. The molecule has 20 heavy (non-hydrogen) atoms. The molecule has 2 aromatic carbocycles. The lowest BCUT2D eigenvalue weighted by Crippen LogP contribution is -2.10. The van der Waals surface area contributed by atoms with E-state index < -0.39 is 0 Å². The summed E-state index contributed by atoms with van der Waals surface area (Å²) in [6, 6.07) is 16.6. The van der Waals surface area contributed by atoms with Crippen LogP contribution in [-0.2, 0) is 0 Å². The zero-order valence-corrected chi connectivity index (χ0v) is 11.5. The summed E-state index contributed by atoms with van der Waals surface area (Å²) >= 11 is 0. The van der Waals surface area contributed by atoms with Crippen molar-refractivity contribution in [2.24, 2.45) is 0 Å². The van der Waals surface area contributed by atoms with Crippen LogP contribution in [0.3, 0.4) is 0 Å². The molecule has 2 aromatic heterocycles. The van der Waals surface area contributed by atoms with E-state index in [1.807, 2.05) is 12.1 Å². The number of rotatable bonds is 1. The van der Waals surface area contributed by atoms with Crippen molar-refractivity contribution in [3.8, 4) is 0 Å². The molecular formula is C17H15N3. The fraction of sp³-hybridized carbons (Fsp3) is 0.118. The van der Waals surface area contributed by atoms with Gasteiger partial charge in [0.2, 0.25) is 0 Å². The number of benzene rings is 2. The highest BCUT2D eigenvalue weighted by Gasteiger charge is 2.14. The predicted molar refractivity (Wildman–Crippen MR) is 85.4 cm³/mol. The van der Waals surface area contributed by atoms with Crippen LogP contribution in [0.4, 0.5) is 5.69 Å². The monoisotopic (exact) mass is 261 g/mol. The number of hydrogen-bond donors (Lipinski definition) is 1. The number of aromatic nitrogens is 2. The molecule has 0 atom stereocenters. The Labute approximate surface area is 116 Å². The van der Waals surface area contributed by atoms with Gasteiger partial charge < -0.3 is 9.88 Å². The molecule has 3 heteroatoms. The zero-order chi connectivity index (χ0) is 13.7. The molecule has 1 N–H and O–H groups in total. The van der Waals surface area contributed by atoms with E-state index in [0.29, 0.717) is 0 Å². The van der Waals surface area contributed by atoms with E-state index >= 15 is 0 Å². The van der Waals surface area contributed by atoms with Crippen LogP contribution in [0, 0.1) is 0 Å². The van der Waals surface area contributed by atoms with E-state index in [0.717, 1.165) is 22.1 Å². The second kappa shape index (κ2) is 3.97. The van der Waals surface area contributed by atoms with E-state index in [2.05, 4.69) is 60.4 Å². The fourth-order valence-electron chi connectivity index (χ4n) is 2.91. The number of aromatic amines is 1. The third kappa shape index (κ3) is 1.43. The molecule has 0 fully saturated rings. The maximum atomic E-state index is 4.85. The van der Waals surface area contributed by atoms with Crippen LogP contribution >= 0.6 is 0 Å². The number of nitrogens with zero attached hydrogens (tertiary/aromatic N) is 2. The summed E-state index contributed by atoms with van der Waals surface area (Å²) in [5, 5.41) is 2.35. The van der Waals surface area contributed by atoms with E-state index in [4.69, 9.17) is 4.98 Å². The summed E-state index contributed by atoms with van der Waals surface area (Å²) in [5.74, 6) is 0. The lowest BCUT2D eigenvalue weighted by atomic mass is 10.1. The number of H-pyrrole nitrogens is 1. The highest BCUT2D eigenvalue weighted by molar-refractivity contribution is 6.15. The molecule has 4 aromatic rings. The van der Waals surface area contributed by atoms with E-state index in [-0.39, 0.29) is 0 Å². The van der Waals surface area contributed by atoms with Crippen LogP contribution in [0.5, 0.6) is 0 Å². The standard InChI is InChI=1S/C17H15N3/c1-20(2)17-12-8-4-6-10-14(12)18-15-11-7-3-5-9-13(11)19-16(15)17/h3-10,19H,1-2H3. The van der Waals surface area contributed by atoms with Gasteiger partial charge in [-0.1, -0.05) is 36.4 Å². The van der Waals surface area contributed by atoms with Gasteiger partial charge in [0.05, 0.1) is 22.2 Å². The van der Waals surface area contributed by atoms with Gasteiger partial charge >= 0.3 is 0 Å². The molecule has 4 rings (SSSR count). The average molecular weight is 261 g/mol. The van der Waals surface area contributed by atoms with Crippen molar-refractivity contribution in [2.45, 2.75) is 0 Å². The quantitative estimate of drug-likeness (QED) is 0.563. The predicted octanol–water partition coefficient (Wildman–Crippen LogP) is 3.94. The number of para-hydroxylation sites is 2. The van der Waals surface area contributed by atoms with Crippen molar-refractivity contribution in [3.63, 3.8) is 0 Å². The number of hydrogen-bond acceptors (Lipinski definition) is 2. The Morgan fingerprint density at radius 2 is 1.60 bits per heavy atom. The van der Waals surface area contributed by atoms with Crippen LogP contribution in [-0.4, -0.2) is 24.1 Å². The van der Waals surface area contributed by atoms with Gasteiger partial charge in [0.15, 0.2) is 0 Å². The first kappa shape index (κ1) is 11.3. The van der Waals surface area contributed by atoms with Gasteiger partial charge in [-0.15, -0.1) is 0 Å². The molecule has 0 aliphatic rings. The number of fused-ring (bicyclic) bond motifs is 4. The molecule has 0 saturated carbocycles. The van der Waals surface area contributed by atoms with Crippen LogP contribution in [0.15, 0.2) is 48.5 Å². The van der Waals surface area contributed by atoms with Gasteiger partial charge in [0.25, 0.3) is 0 Å². The molecule has 3 nitrogen and oxygen atoms in total. The van der Waals surface area contributed by atoms with E-state index in [9.17, 15) is 0 Å². The SMILES string of the molecule is CN(C)c1c2ccccc2nc2c1[nH]c1ccccc12. The summed E-state index contributed by atoms with van der Waals surface area (Å²) in [5.41, 5.74) is 5.52. The Bertz CT molecular complexity index is 935. The van der Waals surface area contributed by atoms with Crippen molar-refractivity contribution < 1.29 is 0 Å². The molecule has 0 aliphatic carbocycles. The number of anilines is 1. The Kier molecular flexibility index (Phi) is 2.24. The molecule has 0 aliphatic heterocycles. The van der Waals surface area contributed by atoms with Gasteiger partial charge in [-0.2, -0.15) is 0 Å². The summed E-state index contributed by atoms with van der Waals surface area (Å²) in [6.45, 7) is 0. The molecule has 0 amide bonds. The summed E-state index contributed by atoms with van der Waals surface area (Å²) in [7, 11) is 4.15. The maximum Gasteiger partial charge on any atom is 0.0986 e. The lowest BCUT2D eigenvalue weighted by Gasteiger charge is -2.16. The van der Waals surface area contributed by atoms with Crippen molar-refractivity contribution in [3.05, 3.63) is 48.5 Å². The van der Waals surface area contributed by atoms with Crippen LogP contribution in [0.2, 0.25) is 0 Å². The van der Waals surface area contributed by atoms with Gasteiger partial charge in [-0.25, -0.2) is 4.98 Å². The molecule has 98 valence electrons. The number of pyridine rings is 1. The highest BCUT2D eigenvalue weighted by Crippen LogP contribution is 2.35. The molecular weight excluding hydrogens is 246 g/mol. The van der Waals surface area contributed by atoms with Gasteiger partial charge in [0, 0.05) is 30.4 Å². The van der Waals surface area contributed by atoms with E-state index in [1.54, 1.807) is 0 Å². The first-order valence-corrected chi connectivity index (χ1v) is 6.72. The van der Waals surface area contributed by atoms with Crippen molar-refractivity contribution in [1.29, 1.82) is 0 Å². The Balaban J connectivity index is 2.31. The Morgan fingerprint density at radius 1 is 0.900 bits per heavy atom. The zero-order valence-electron chi connectivity index (χ0n) is 11.5. The minimum atomic E-state index is 1.04. The fourth-order valence-corrected chi connectivity index (χ4v) is 2.91. The normalized spacial score (nSPS) is 11.5. The third-order valence-electron chi connectivity index (χ3n) is 3.75. The second-order valence-corrected chi connectivity index (χ2v) is 5.27. The van der Waals surface area contributed by atoms with Gasteiger partial charge in [0.1, 0.15) is 0 Å². The van der Waals surface area contributed by atoms with Crippen LogP contribution in [0.1, 0.15) is 0 Å². The first-order valence-electron chi connectivity index (χ1n) is 6.72. The van der Waals surface area contributed by atoms with Gasteiger partial charge in [-0.3, -0.25) is 0 Å². The Morgan fingerprint density at radius 3 is 2.40 bits per heavy atom. The number of nitrogens with one attached hydrogen (secondary N) is 1. The van der Waals surface area contributed by atoms with Crippen LogP contribution < -0.4 is 4.90 Å². The smallest absolute Gasteiger partial charge is 0.0986 e. The molecule has 0 spiro atoms. The highest BCUT2D eigenvalue weighted by atomic mass is 15.1. The molecule has 2 heterocycles. The van der Waals surface area contributed by atoms with E-state index in [1.165, 1.54) is 16.5 Å². The topological polar surface area (TPSA) is 31.9 Å².